The predicted molar refractivity (Wildman–Crippen MR) is 129 cm³/mol. The summed E-state index contributed by atoms with van der Waals surface area (Å²) in [4.78, 5) is 27.2. The van der Waals surface area contributed by atoms with Crippen LogP contribution in [0.5, 0.6) is 0 Å². The number of benzene rings is 3. The van der Waals surface area contributed by atoms with Crippen LogP contribution >= 0.6 is 23.4 Å². The van der Waals surface area contributed by atoms with Crippen molar-refractivity contribution in [1.29, 1.82) is 0 Å². The van der Waals surface area contributed by atoms with E-state index >= 15 is 0 Å². The van der Waals surface area contributed by atoms with E-state index in [1.54, 1.807) is 36.0 Å². The van der Waals surface area contributed by atoms with Gasteiger partial charge in [0.25, 0.3) is 5.91 Å². The summed E-state index contributed by atoms with van der Waals surface area (Å²) in [6, 6.07) is 22.7. The van der Waals surface area contributed by atoms with Crippen LogP contribution in [0.25, 0.3) is 0 Å². The maximum atomic E-state index is 12.8. The van der Waals surface area contributed by atoms with Crippen LogP contribution in [0.4, 0.5) is 11.4 Å². The Balaban J connectivity index is 1.57. The molecule has 0 aromatic heterocycles. The quantitative estimate of drug-likeness (QED) is 0.483. The molecule has 1 atom stereocenters. The highest BCUT2D eigenvalue weighted by atomic mass is 35.5. The SMILES string of the molecule is CC(C)c1ccccc1N1C(=O)CSC1c1ccc(NC(=O)c2ccccc2Cl)cc1. The van der Waals surface area contributed by atoms with Crippen molar-refractivity contribution in [2.75, 3.05) is 16.0 Å². The lowest BCUT2D eigenvalue weighted by atomic mass is 10.00. The molecule has 2 amide bonds. The van der Waals surface area contributed by atoms with Crippen molar-refractivity contribution in [2.24, 2.45) is 0 Å². The van der Waals surface area contributed by atoms with Crippen LogP contribution in [0.15, 0.2) is 72.8 Å². The van der Waals surface area contributed by atoms with Gasteiger partial charge in [-0.2, -0.15) is 0 Å². The molecule has 3 aromatic carbocycles. The fourth-order valence-electron chi connectivity index (χ4n) is 3.70. The van der Waals surface area contributed by atoms with Gasteiger partial charge in [-0.15, -0.1) is 11.8 Å². The molecule has 1 unspecified atom stereocenters. The number of carbonyl (C=O) groups is 2. The van der Waals surface area contributed by atoms with Crippen molar-refractivity contribution in [1.82, 2.24) is 0 Å². The van der Waals surface area contributed by atoms with E-state index in [-0.39, 0.29) is 17.2 Å². The van der Waals surface area contributed by atoms with Crippen LogP contribution in [-0.2, 0) is 4.79 Å². The maximum Gasteiger partial charge on any atom is 0.257 e. The number of thioether (sulfide) groups is 1. The summed E-state index contributed by atoms with van der Waals surface area (Å²) in [6.45, 7) is 4.27. The van der Waals surface area contributed by atoms with Gasteiger partial charge in [-0.25, -0.2) is 0 Å². The van der Waals surface area contributed by atoms with Gasteiger partial charge in [-0.3, -0.25) is 14.5 Å². The molecule has 0 aliphatic carbocycles. The van der Waals surface area contributed by atoms with Gasteiger partial charge in [0.2, 0.25) is 5.91 Å². The summed E-state index contributed by atoms with van der Waals surface area (Å²) >= 11 is 7.74. The minimum Gasteiger partial charge on any atom is -0.322 e. The van der Waals surface area contributed by atoms with Gasteiger partial charge in [-0.1, -0.05) is 67.9 Å². The Morgan fingerprint density at radius 1 is 1.03 bits per heavy atom. The summed E-state index contributed by atoms with van der Waals surface area (Å²) in [7, 11) is 0. The standard InChI is InChI=1S/C25H23ClN2O2S/c1-16(2)19-7-4-6-10-22(19)28-23(29)15-31-25(28)17-11-13-18(14-12-17)27-24(30)20-8-3-5-9-21(20)26/h3-14,16,25H,15H2,1-2H3,(H,27,30). The lowest BCUT2D eigenvalue weighted by Gasteiger charge is -2.27. The Morgan fingerprint density at radius 2 is 1.71 bits per heavy atom. The summed E-state index contributed by atoms with van der Waals surface area (Å²) in [5.74, 6) is 0.621. The fourth-order valence-corrected chi connectivity index (χ4v) is 5.09. The Bertz CT molecular complexity index is 1110. The first-order chi connectivity index (χ1) is 15.0. The van der Waals surface area contributed by atoms with Crippen LogP contribution in [0.1, 0.15) is 46.6 Å². The van der Waals surface area contributed by atoms with Crippen molar-refractivity contribution >= 4 is 46.6 Å². The lowest BCUT2D eigenvalue weighted by Crippen LogP contribution is -2.29. The van der Waals surface area contributed by atoms with Crippen LogP contribution < -0.4 is 10.2 Å². The molecule has 0 saturated carbocycles. The summed E-state index contributed by atoms with van der Waals surface area (Å²) in [5, 5.41) is 3.20. The first-order valence-corrected chi connectivity index (χ1v) is 11.6. The van der Waals surface area contributed by atoms with Crippen LogP contribution in [-0.4, -0.2) is 17.6 Å². The van der Waals surface area contributed by atoms with Gasteiger partial charge >= 0.3 is 0 Å². The molecule has 3 aromatic rings. The fraction of sp³-hybridized carbons (Fsp3) is 0.200. The number of nitrogens with one attached hydrogen (secondary N) is 1. The summed E-state index contributed by atoms with van der Waals surface area (Å²) in [6.07, 6.45) is 0. The van der Waals surface area contributed by atoms with Gasteiger partial charge in [0.1, 0.15) is 5.37 Å². The molecule has 0 bridgehead atoms. The highest BCUT2D eigenvalue weighted by Gasteiger charge is 2.35. The average molecular weight is 451 g/mol. The molecule has 6 heteroatoms. The van der Waals surface area contributed by atoms with E-state index in [0.717, 1.165) is 16.8 Å². The monoisotopic (exact) mass is 450 g/mol. The van der Waals surface area contributed by atoms with Crippen molar-refractivity contribution in [3.8, 4) is 0 Å². The molecule has 1 aliphatic heterocycles. The average Bonchev–Trinajstić information content (AvgIpc) is 3.15. The highest BCUT2D eigenvalue weighted by molar-refractivity contribution is 8.00. The molecule has 0 spiro atoms. The van der Waals surface area contributed by atoms with E-state index in [9.17, 15) is 9.59 Å². The van der Waals surface area contributed by atoms with Gasteiger partial charge in [0.15, 0.2) is 0 Å². The smallest absolute Gasteiger partial charge is 0.257 e. The number of hydrogen-bond donors (Lipinski definition) is 1. The zero-order valence-electron chi connectivity index (χ0n) is 17.3. The molecule has 31 heavy (non-hydrogen) atoms. The molecule has 158 valence electrons. The molecule has 1 N–H and O–H groups in total. The van der Waals surface area contributed by atoms with E-state index < -0.39 is 0 Å². The number of amides is 2. The number of nitrogens with zero attached hydrogens (tertiary/aromatic N) is 1. The van der Waals surface area contributed by atoms with E-state index in [2.05, 4.69) is 25.2 Å². The zero-order valence-corrected chi connectivity index (χ0v) is 18.9. The number of hydrogen-bond acceptors (Lipinski definition) is 3. The number of para-hydroxylation sites is 1. The van der Waals surface area contributed by atoms with Crippen LogP contribution in [0.2, 0.25) is 5.02 Å². The van der Waals surface area contributed by atoms with Gasteiger partial charge in [0.05, 0.1) is 16.3 Å². The van der Waals surface area contributed by atoms with Crippen molar-refractivity contribution in [3.63, 3.8) is 0 Å². The Labute approximate surface area is 191 Å². The van der Waals surface area contributed by atoms with Crippen LogP contribution in [0, 0.1) is 0 Å². The van der Waals surface area contributed by atoms with Crippen LogP contribution in [0.3, 0.4) is 0 Å². The summed E-state index contributed by atoms with van der Waals surface area (Å²) in [5.41, 5.74) is 4.25. The lowest BCUT2D eigenvalue weighted by molar-refractivity contribution is -0.115. The second-order valence-corrected chi connectivity index (χ2v) is 9.17. The Hall–Kier alpha value is -2.76. The Kier molecular flexibility index (Phi) is 6.35. The minimum atomic E-state index is -0.253. The third-order valence-corrected chi connectivity index (χ3v) is 6.80. The molecular weight excluding hydrogens is 428 g/mol. The number of anilines is 2. The van der Waals surface area contributed by atoms with Crippen molar-refractivity contribution in [2.45, 2.75) is 25.1 Å². The molecule has 1 aliphatic rings. The largest absolute Gasteiger partial charge is 0.322 e. The topological polar surface area (TPSA) is 49.4 Å². The first-order valence-electron chi connectivity index (χ1n) is 10.1. The number of halogens is 1. The van der Waals surface area contributed by atoms with Gasteiger partial charge in [-0.05, 0) is 47.4 Å². The zero-order chi connectivity index (χ0) is 22.0. The molecule has 1 fully saturated rings. The van der Waals surface area contributed by atoms with E-state index in [0.29, 0.717) is 27.9 Å². The molecule has 0 radical (unpaired) electrons. The molecule has 4 rings (SSSR count). The van der Waals surface area contributed by atoms with E-state index in [1.165, 1.54) is 0 Å². The predicted octanol–water partition coefficient (Wildman–Crippen LogP) is 6.49. The number of carbonyl (C=O) groups excluding carboxylic acids is 2. The first kappa shape index (κ1) is 21.5. The van der Waals surface area contributed by atoms with Crippen molar-refractivity contribution in [3.05, 3.63) is 94.5 Å². The van der Waals surface area contributed by atoms with Gasteiger partial charge < -0.3 is 5.32 Å². The van der Waals surface area contributed by atoms with E-state index in [4.69, 9.17) is 11.6 Å². The molecular formula is C25H23ClN2O2S. The third-order valence-electron chi connectivity index (χ3n) is 5.26. The minimum absolute atomic E-state index is 0.0966. The number of rotatable bonds is 5. The maximum absolute atomic E-state index is 12.8. The third kappa shape index (κ3) is 4.48. The second kappa shape index (κ2) is 9.16. The van der Waals surface area contributed by atoms with Gasteiger partial charge in [0, 0.05) is 11.4 Å². The molecule has 4 nitrogen and oxygen atoms in total. The molecule has 1 heterocycles. The summed E-state index contributed by atoms with van der Waals surface area (Å²) < 4.78 is 0. The van der Waals surface area contributed by atoms with E-state index in [1.807, 2.05) is 47.4 Å². The molecule has 1 saturated heterocycles. The highest BCUT2D eigenvalue weighted by Crippen LogP contribution is 2.44. The Morgan fingerprint density at radius 3 is 2.42 bits per heavy atom. The normalized spacial score (nSPS) is 16.1. The second-order valence-electron chi connectivity index (χ2n) is 7.70. The van der Waals surface area contributed by atoms with Crippen molar-refractivity contribution < 1.29 is 9.59 Å².